The maximum Gasteiger partial charge on any atom is 0.273 e. The van der Waals surface area contributed by atoms with Gasteiger partial charge in [0.15, 0.2) is 0 Å². The molecule has 1 aromatic rings. The van der Waals surface area contributed by atoms with Crippen LogP contribution in [0, 0.1) is 0 Å². The van der Waals surface area contributed by atoms with Gasteiger partial charge in [-0.15, -0.1) is 0 Å². The minimum Gasteiger partial charge on any atom is -0.343 e. The Labute approximate surface area is 87.9 Å². The van der Waals surface area contributed by atoms with Crippen molar-refractivity contribution in [3.8, 4) is 0 Å². The second kappa shape index (κ2) is 4.37. The molecule has 14 heavy (non-hydrogen) atoms. The highest BCUT2D eigenvalue weighted by Gasteiger charge is 2.15. The normalized spacial score (nSPS) is 10.0. The topological polar surface area (TPSA) is 46.1 Å². The standard InChI is InChI=1S/C9H12ClN3O/c1-4-6-8(9(14)13(2)3)11-5-7(10)12-6/h5H,4H2,1-3H3. The van der Waals surface area contributed by atoms with Crippen LogP contribution in [0.2, 0.25) is 5.15 Å². The van der Waals surface area contributed by atoms with Gasteiger partial charge in [0.2, 0.25) is 0 Å². The number of aromatic nitrogens is 2. The Hall–Kier alpha value is -1.16. The van der Waals surface area contributed by atoms with Gasteiger partial charge in [-0.1, -0.05) is 18.5 Å². The molecule has 0 bridgehead atoms. The molecule has 0 aliphatic heterocycles. The van der Waals surface area contributed by atoms with Crippen molar-refractivity contribution < 1.29 is 4.79 Å². The average Bonchev–Trinajstić information content (AvgIpc) is 2.16. The van der Waals surface area contributed by atoms with Crippen molar-refractivity contribution in [1.82, 2.24) is 14.9 Å². The van der Waals surface area contributed by atoms with Gasteiger partial charge in [0.05, 0.1) is 11.9 Å². The van der Waals surface area contributed by atoms with Gasteiger partial charge in [-0.05, 0) is 6.42 Å². The Morgan fingerprint density at radius 2 is 2.21 bits per heavy atom. The van der Waals surface area contributed by atoms with E-state index in [1.807, 2.05) is 6.92 Å². The summed E-state index contributed by atoms with van der Waals surface area (Å²) in [5.74, 6) is -0.147. The van der Waals surface area contributed by atoms with E-state index in [1.54, 1.807) is 14.1 Å². The summed E-state index contributed by atoms with van der Waals surface area (Å²) < 4.78 is 0. The number of carbonyl (C=O) groups excluding carboxylic acids is 1. The predicted molar refractivity (Wildman–Crippen MR) is 54.4 cm³/mol. The van der Waals surface area contributed by atoms with Gasteiger partial charge in [0, 0.05) is 14.1 Å². The largest absolute Gasteiger partial charge is 0.343 e. The number of aryl methyl sites for hydroxylation is 1. The summed E-state index contributed by atoms with van der Waals surface area (Å²) in [5.41, 5.74) is 1.01. The van der Waals surface area contributed by atoms with Crippen LogP contribution in [0.5, 0.6) is 0 Å². The highest BCUT2D eigenvalue weighted by atomic mass is 35.5. The Balaban J connectivity index is 3.14. The first kappa shape index (κ1) is 10.9. The Bertz CT molecular complexity index is 352. The molecule has 1 aromatic heterocycles. The van der Waals surface area contributed by atoms with Crippen molar-refractivity contribution in [1.29, 1.82) is 0 Å². The predicted octanol–water partition coefficient (Wildman–Crippen LogP) is 1.39. The fourth-order valence-corrected chi connectivity index (χ4v) is 1.19. The summed E-state index contributed by atoms with van der Waals surface area (Å²) >= 11 is 5.68. The van der Waals surface area contributed by atoms with E-state index in [9.17, 15) is 4.79 Å². The maximum absolute atomic E-state index is 11.6. The maximum atomic E-state index is 11.6. The number of carbonyl (C=O) groups is 1. The summed E-state index contributed by atoms with van der Waals surface area (Å²) in [6.07, 6.45) is 2.03. The number of halogens is 1. The summed E-state index contributed by atoms with van der Waals surface area (Å²) in [5, 5.41) is 0.317. The average molecular weight is 214 g/mol. The van der Waals surface area contributed by atoms with Crippen molar-refractivity contribution in [3.05, 3.63) is 22.7 Å². The zero-order chi connectivity index (χ0) is 10.7. The molecule has 4 nitrogen and oxygen atoms in total. The second-order valence-corrected chi connectivity index (χ2v) is 3.43. The molecule has 1 heterocycles. The Morgan fingerprint density at radius 1 is 1.57 bits per heavy atom. The van der Waals surface area contributed by atoms with Crippen LogP contribution in [0.15, 0.2) is 6.20 Å². The molecule has 0 aromatic carbocycles. The van der Waals surface area contributed by atoms with Gasteiger partial charge in [0.1, 0.15) is 10.8 Å². The Morgan fingerprint density at radius 3 is 2.71 bits per heavy atom. The fourth-order valence-electron chi connectivity index (χ4n) is 1.04. The molecule has 1 amide bonds. The van der Waals surface area contributed by atoms with Crippen LogP contribution in [0.4, 0.5) is 0 Å². The van der Waals surface area contributed by atoms with E-state index in [2.05, 4.69) is 9.97 Å². The quantitative estimate of drug-likeness (QED) is 0.746. The van der Waals surface area contributed by atoms with Crippen LogP contribution < -0.4 is 0 Å². The molecule has 0 atom stereocenters. The minimum absolute atomic E-state index is 0.147. The van der Waals surface area contributed by atoms with Crippen LogP contribution in [0.1, 0.15) is 23.1 Å². The van der Waals surface area contributed by atoms with Crippen LogP contribution in [0.25, 0.3) is 0 Å². The summed E-state index contributed by atoms with van der Waals surface area (Å²) in [6, 6.07) is 0. The van der Waals surface area contributed by atoms with E-state index in [0.29, 0.717) is 23.0 Å². The summed E-state index contributed by atoms with van der Waals surface area (Å²) in [7, 11) is 3.36. The lowest BCUT2D eigenvalue weighted by atomic mass is 10.2. The number of rotatable bonds is 2. The van der Waals surface area contributed by atoms with Crippen molar-refractivity contribution in [3.63, 3.8) is 0 Å². The van der Waals surface area contributed by atoms with E-state index in [1.165, 1.54) is 11.1 Å². The van der Waals surface area contributed by atoms with Gasteiger partial charge in [-0.25, -0.2) is 9.97 Å². The zero-order valence-corrected chi connectivity index (χ0v) is 9.17. The molecule has 0 saturated carbocycles. The lowest BCUT2D eigenvalue weighted by Crippen LogP contribution is -2.24. The molecular formula is C9H12ClN3O. The van der Waals surface area contributed by atoms with Gasteiger partial charge < -0.3 is 4.90 Å². The third kappa shape index (κ3) is 2.20. The molecule has 0 unspecified atom stereocenters. The molecule has 1 rings (SSSR count). The molecule has 0 N–H and O–H groups in total. The number of amides is 1. The second-order valence-electron chi connectivity index (χ2n) is 3.04. The van der Waals surface area contributed by atoms with E-state index in [0.717, 1.165) is 0 Å². The lowest BCUT2D eigenvalue weighted by Gasteiger charge is -2.11. The van der Waals surface area contributed by atoms with Crippen molar-refractivity contribution in [2.45, 2.75) is 13.3 Å². The zero-order valence-electron chi connectivity index (χ0n) is 8.41. The van der Waals surface area contributed by atoms with Crippen LogP contribution in [-0.2, 0) is 6.42 Å². The third-order valence-corrected chi connectivity index (χ3v) is 1.94. The number of hydrogen-bond acceptors (Lipinski definition) is 3. The molecule has 0 spiro atoms. The molecule has 0 fully saturated rings. The molecule has 0 saturated heterocycles. The first-order valence-electron chi connectivity index (χ1n) is 4.29. The van der Waals surface area contributed by atoms with E-state index in [-0.39, 0.29) is 5.91 Å². The molecule has 5 heteroatoms. The van der Waals surface area contributed by atoms with Crippen molar-refractivity contribution >= 4 is 17.5 Å². The van der Waals surface area contributed by atoms with Crippen molar-refractivity contribution in [2.24, 2.45) is 0 Å². The highest BCUT2D eigenvalue weighted by molar-refractivity contribution is 6.29. The molecule has 0 aliphatic rings. The van der Waals surface area contributed by atoms with Crippen LogP contribution >= 0.6 is 11.6 Å². The third-order valence-electron chi connectivity index (χ3n) is 1.76. The van der Waals surface area contributed by atoms with Gasteiger partial charge in [0.25, 0.3) is 5.91 Å². The smallest absolute Gasteiger partial charge is 0.273 e. The van der Waals surface area contributed by atoms with Gasteiger partial charge in [-0.3, -0.25) is 4.79 Å². The minimum atomic E-state index is -0.147. The summed E-state index contributed by atoms with van der Waals surface area (Å²) in [4.78, 5) is 21.1. The molecule has 76 valence electrons. The lowest BCUT2D eigenvalue weighted by molar-refractivity contribution is 0.0820. The van der Waals surface area contributed by atoms with E-state index >= 15 is 0 Å². The van der Waals surface area contributed by atoms with Crippen molar-refractivity contribution in [2.75, 3.05) is 14.1 Å². The van der Waals surface area contributed by atoms with Crippen LogP contribution in [0.3, 0.4) is 0 Å². The molecular weight excluding hydrogens is 202 g/mol. The summed E-state index contributed by atoms with van der Waals surface area (Å²) in [6.45, 7) is 1.91. The van der Waals surface area contributed by atoms with Gasteiger partial charge in [-0.2, -0.15) is 0 Å². The first-order valence-corrected chi connectivity index (χ1v) is 4.67. The molecule has 0 radical (unpaired) electrons. The van der Waals surface area contributed by atoms with Gasteiger partial charge >= 0.3 is 0 Å². The van der Waals surface area contributed by atoms with E-state index in [4.69, 9.17) is 11.6 Å². The first-order chi connectivity index (χ1) is 6.56. The monoisotopic (exact) mass is 213 g/mol. The number of hydrogen-bond donors (Lipinski definition) is 0. The SMILES string of the molecule is CCc1nc(Cl)cnc1C(=O)N(C)C. The highest BCUT2D eigenvalue weighted by Crippen LogP contribution is 2.10. The van der Waals surface area contributed by atoms with E-state index < -0.39 is 0 Å². The fraction of sp³-hybridized carbons (Fsp3) is 0.444. The van der Waals surface area contributed by atoms with Crippen LogP contribution in [-0.4, -0.2) is 34.9 Å². The number of nitrogens with zero attached hydrogens (tertiary/aromatic N) is 3. The Kier molecular flexibility index (Phi) is 3.41. The molecule has 0 aliphatic carbocycles.